The fourth-order valence-electron chi connectivity index (χ4n) is 2.08. The SMILES string of the molecule is CC.CC.CC1CCNCC1.c1ccc(Sc2ccccc2)cc1. The lowest BCUT2D eigenvalue weighted by Gasteiger charge is -2.17. The molecule has 1 N–H and O–H groups in total. The fourth-order valence-corrected chi connectivity index (χ4v) is 2.94. The minimum atomic E-state index is 0.973. The smallest absolute Gasteiger partial charge is 0.0122 e. The average molecular weight is 346 g/mol. The summed E-state index contributed by atoms with van der Waals surface area (Å²) in [4.78, 5) is 2.57. The predicted octanol–water partition coefficient (Wildman–Crippen LogP) is 6.90. The highest BCUT2D eigenvalue weighted by Gasteiger charge is 2.05. The molecule has 1 aliphatic rings. The third kappa shape index (κ3) is 11.3. The van der Waals surface area contributed by atoms with Gasteiger partial charge in [0.1, 0.15) is 0 Å². The van der Waals surface area contributed by atoms with Crippen molar-refractivity contribution >= 4 is 11.8 Å². The maximum absolute atomic E-state index is 3.32. The molecule has 1 aliphatic heterocycles. The van der Waals surface area contributed by atoms with E-state index >= 15 is 0 Å². The van der Waals surface area contributed by atoms with Crippen molar-refractivity contribution in [2.75, 3.05) is 13.1 Å². The Hall–Kier alpha value is -1.25. The summed E-state index contributed by atoms with van der Waals surface area (Å²) in [5.41, 5.74) is 0. The van der Waals surface area contributed by atoms with Gasteiger partial charge in [0.15, 0.2) is 0 Å². The van der Waals surface area contributed by atoms with Crippen LogP contribution in [0.2, 0.25) is 0 Å². The zero-order valence-corrected chi connectivity index (χ0v) is 16.9. The standard InChI is InChI=1S/C12H10S.C6H13N.2C2H6/c1-3-7-11(8-4-1)13-12-9-5-2-6-10-12;1-6-2-4-7-5-3-6;2*1-2/h1-10H;6-7H,2-5H2,1H3;2*1-2H3. The van der Waals surface area contributed by atoms with Crippen molar-refractivity contribution in [3.8, 4) is 0 Å². The molecular formula is C22H35NS. The Morgan fingerprint density at radius 1 is 0.708 bits per heavy atom. The molecule has 3 rings (SSSR count). The molecule has 0 radical (unpaired) electrons. The first-order chi connectivity index (χ1) is 11.8. The molecule has 1 fully saturated rings. The fraction of sp³-hybridized carbons (Fsp3) is 0.455. The van der Waals surface area contributed by atoms with Gasteiger partial charge in [0.25, 0.3) is 0 Å². The van der Waals surface area contributed by atoms with Crippen molar-refractivity contribution in [1.82, 2.24) is 5.32 Å². The van der Waals surface area contributed by atoms with Crippen molar-refractivity contribution in [2.45, 2.75) is 57.3 Å². The Morgan fingerprint density at radius 3 is 1.38 bits per heavy atom. The monoisotopic (exact) mass is 345 g/mol. The Morgan fingerprint density at radius 2 is 1.08 bits per heavy atom. The van der Waals surface area contributed by atoms with Crippen LogP contribution in [0, 0.1) is 5.92 Å². The van der Waals surface area contributed by atoms with Gasteiger partial charge in [-0.05, 0) is 56.1 Å². The van der Waals surface area contributed by atoms with Crippen molar-refractivity contribution in [2.24, 2.45) is 5.92 Å². The largest absolute Gasteiger partial charge is 0.317 e. The van der Waals surface area contributed by atoms with Crippen molar-refractivity contribution in [3.05, 3.63) is 60.7 Å². The van der Waals surface area contributed by atoms with Gasteiger partial charge in [-0.15, -0.1) is 0 Å². The van der Waals surface area contributed by atoms with E-state index in [1.54, 1.807) is 11.8 Å². The highest BCUT2D eigenvalue weighted by molar-refractivity contribution is 7.99. The van der Waals surface area contributed by atoms with E-state index in [1.807, 2.05) is 39.8 Å². The maximum atomic E-state index is 3.32. The molecule has 134 valence electrons. The van der Waals surface area contributed by atoms with E-state index in [4.69, 9.17) is 0 Å². The van der Waals surface area contributed by atoms with Crippen LogP contribution in [-0.2, 0) is 0 Å². The lowest BCUT2D eigenvalue weighted by Crippen LogP contribution is -2.26. The number of rotatable bonds is 2. The molecule has 0 aromatic heterocycles. The molecule has 0 bridgehead atoms. The summed E-state index contributed by atoms with van der Waals surface area (Å²) in [5, 5.41) is 3.32. The quantitative estimate of drug-likeness (QED) is 0.635. The average Bonchev–Trinajstić information content (AvgIpc) is 2.68. The second kappa shape index (κ2) is 16.6. The van der Waals surface area contributed by atoms with E-state index in [0.717, 1.165) is 5.92 Å². The predicted molar refractivity (Wildman–Crippen MR) is 111 cm³/mol. The number of piperidine rings is 1. The molecule has 2 aromatic rings. The van der Waals surface area contributed by atoms with E-state index < -0.39 is 0 Å². The van der Waals surface area contributed by atoms with E-state index in [-0.39, 0.29) is 0 Å². The summed E-state index contributed by atoms with van der Waals surface area (Å²) in [6, 6.07) is 20.8. The molecule has 0 unspecified atom stereocenters. The first-order valence-electron chi connectivity index (χ1n) is 9.33. The molecule has 2 heteroatoms. The van der Waals surface area contributed by atoms with Gasteiger partial charge in [-0.25, -0.2) is 0 Å². The molecule has 1 heterocycles. The molecule has 0 atom stereocenters. The van der Waals surface area contributed by atoms with Gasteiger partial charge >= 0.3 is 0 Å². The number of hydrogen-bond acceptors (Lipinski definition) is 2. The lowest BCUT2D eigenvalue weighted by atomic mass is 10.0. The molecule has 24 heavy (non-hydrogen) atoms. The first-order valence-corrected chi connectivity index (χ1v) is 10.1. The molecular weight excluding hydrogens is 310 g/mol. The second-order valence-corrected chi connectivity index (χ2v) is 6.31. The van der Waals surface area contributed by atoms with Crippen LogP contribution < -0.4 is 5.32 Å². The minimum Gasteiger partial charge on any atom is -0.317 e. The summed E-state index contributed by atoms with van der Waals surface area (Å²) in [6.45, 7) is 12.8. The zero-order valence-electron chi connectivity index (χ0n) is 16.1. The minimum absolute atomic E-state index is 0.973. The van der Waals surface area contributed by atoms with Crippen LogP contribution in [0.5, 0.6) is 0 Å². The summed E-state index contributed by atoms with van der Waals surface area (Å²) in [7, 11) is 0. The highest BCUT2D eigenvalue weighted by Crippen LogP contribution is 2.26. The lowest BCUT2D eigenvalue weighted by molar-refractivity contribution is 0.402. The molecule has 1 saturated heterocycles. The van der Waals surface area contributed by atoms with E-state index in [2.05, 4.69) is 60.8 Å². The zero-order chi connectivity index (χ0) is 18.0. The van der Waals surface area contributed by atoms with Gasteiger partial charge in [-0.3, -0.25) is 0 Å². The summed E-state index contributed by atoms with van der Waals surface area (Å²) in [5.74, 6) is 0.973. The normalized spacial score (nSPS) is 13.2. The van der Waals surface area contributed by atoms with Crippen LogP contribution >= 0.6 is 11.8 Å². The van der Waals surface area contributed by atoms with E-state index in [9.17, 15) is 0 Å². The number of benzene rings is 2. The van der Waals surface area contributed by atoms with Crippen LogP contribution in [0.25, 0.3) is 0 Å². The summed E-state index contributed by atoms with van der Waals surface area (Å²) in [6.07, 6.45) is 2.75. The molecule has 2 aromatic carbocycles. The Kier molecular flexibility index (Phi) is 15.7. The van der Waals surface area contributed by atoms with Crippen LogP contribution in [0.15, 0.2) is 70.5 Å². The number of hydrogen-bond donors (Lipinski definition) is 1. The van der Waals surface area contributed by atoms with Gasteiger partial charge in [-0.2, -0.15) is 0 Å². The van der Waals surface area contributed by atoms with Crippen molar-refractivity contribution in [3.63, 3.8) is 0 Å². The molecule has 0 amide bonds. The third-order valence-electron chi connectivity index (χ3n) is 3.35. The Balaban J connectivity index is 0.000000408. The maximum Gasteiger partial charge on any atom is 0.0122 e. The van der Waals surface area contributed by atoms with Crippen LogP contribution in [0.1, 0.15) is 47.5 Å². The second-order valence-electron chi connectivity index (χ2n) is 5.16. The summed E-state index contributed by atoms with van der Waals surface area (Å²) >= 11 is 1.79. The highest BCUT2D eigenvalue weighted by atomic mass is 32.2. The van der Waals surface area contributed by atoms with Crippen molar-refractivity contribution < 1.29 is 0 Å². The van der Waals surface area contributed by atoms with Gasteiger partial charge < -0.3 is 5.32 Å². The molecule has 0 aliphatic carbocycles. The first kappa shape index (κ1) is 22.8. The Bertz CT molecular complexity index is 426. The molecule has 0 saturated carbocycles. The number of nitrogens with one attached hydrogen (secondary N) is 1. The van der Waals surface area contributed by atoms with Gasteiger partial charge in [0.05, 0.1) is 0 Å². The van der Waals surface area contributed by atoms with E-state index in [0.29, 0.717) is 0 Å². The van der Waals surface area contributed by atoms with Gasteiger partial charge in [0, 0.05) is 9.79 Å². The van der Waals surface area contributed by atoms with Gasteiger partial charge in [-0.1, -0.05) is 82.8 Å². The molecule has 1 nitrogen and oxygen atoms in total. The van der Waals surface area contributed by atoms with Crippen molar-refractivity contribution in [1.29, 1.82) is 0 Å². The van der Waals surface area contributed by atoms with E-state index in [1.165, 1.54) is 35.7 Å². The third-order valence-corrected chi connectivity index (χ3v) is 4.37. The topological polar surface area (TPSA) is 12.0 Å². The molecule has 0 spiro atoms. The van der Waals surface area contributed by atoms with Crippen LogP contribution in [-0.4, -0.2) is 13.1 Å². The van der Waals surface area contributed by atoms with Crippen LogP contribution in [0.4, 0.5) is 0 Å². The van der Waals surface area contributed by atoms with Gasteiger partial charge in [0.2, 0.25) is 0 Å². The summed E-state index contributed by atoms with van der Waals surface area (Å²) < 4.78 is 0. The Labute approximate surface area is 154 Å². The van der Waals surface area contributed by atoms with Crippen LogP contribution in [0.3, 0.4) is 0 Å².